The van der Waals surface area contributed by atoms with E-state index in [1.165, 1.54) is 11.3 Å². The third-order valence-corrected chi connectivity index (χ3v) is 6.06. The molecule has 0 aliphatic carbocycles. The molecule has 0 atom stereocenters. The van der Waals surface area contributed by atoms with Crippen LogP contribution in [0.4, 0.5) is 10.8 Å². The minimum Gasteiger partial charge on any atom is -0.497 e. The molecule has 1 fully saturated rings. The monoisotopic (exact) mass is 438 g/mol. The van der Waals surface area contributed by atoms with Crippen molar-refractivity contribution in [3.63, 3.8) is 0 Å². The van der Waals surface area contributed by atoms with Gasteiger partial charge in [-0.2, -0.15) is 0 Å². The highest BCUT2D eigenvalue weighted by Crippen LogP contribution is 2.29. The molecule has 0 unspecified atom stereocenters. The molecule has 1 aliphatic heterocycles. The maximum Gasteiger partial charge on any atom is 0.240 e. The van der Waals surface area contributed by atoms with Crippen molar-refractivity contribution < 1.29 is 14.3 Å². The van der Waals surface area contributed by atoms with Crippen LogP contribution in [-0.2, 0) is 4.79 Å². The zero-order valence-electron chi connectivity index (χ0n) is 17.7. The predicted octanol–water partition coefficient (Wildman–Crippen LogP) is 3.59. The molecule has 1 aliphatic rings. The van der Waals surface area contributed by atoms with Gasteiger partial charge in [-0.15, -0.1) is 11.3 Å². The van der Waals surface area contributed by atoms with Crippen molar-refractivity contribution in [1.29, 1.82) is 0 Å². The minimum absolute atomic E-state index is 0.0404. The molecule has 31 heavy (non-hydrogen) atoms. The van der Waals surface area contributed by atoms with Gasteiger partial charge in [0.15, 0.2) is 5.13 Å². The molecule has 4 rings (SSSR count). The molecule has 162 valence electrons. The molecule has 1 amide bonds. The predicted molar refractivity (Wildman–Crippen MR) is 124 cm³/mol. The van der Waals surface area contributed by atoms with Gasteiger partial charge in [0.1, 0.15) is 11.5 Å². The highest BCUT2D eigenvalue weighted by Gasteiger charge is 2.21. The van der Waals surface area contributed by atoms with E-state index in [-0.39, 0.29) is 5.91 Å². The molecule has 1 N–H and O–H groups in total. The number of amides is 1. The summed E-state index contributed by atoms with van der Waals surface area (Å²) in [5.41, 5.74) is 2.93. The number of anilines is 2. The molecule has 2 aromatic carbocycles. The van der Waals surface area contributed by atoms with Crippen molar-refractivity contribution in [2.45, 2.75) is 0 Å². The molecule has 1 saturated heterocycles. The fourth-order valence-corrected chi connectivity index (χ4v) is 4.36. The molecule has 0 bridgehead atoms. The zero-order chi connectivity index (χ0) is 21.6. The number of carbonyl (C=O) groups excluding carboxylic acids is 1. The number of nitrogens with one attached hydrogen (secondary N) is 1. The molecule has 2 heterocycles. The Bertz CT molecular complexity index is 1010. The van der Waals surface area contributed by atoms with Gasteiger partial charge in [0.2, 0.25) is 5.91 Å². The summed E-state index contributed by atoms with van der Waals surface area (Å²) >= 11 is 1.43. The summed E-state index contributed by atoms with van der Waals surface area (Å²) in [5.74, 6) is 1.64. The highest BCUT2D eigenvalue weighted by molar-refractivity contribution is 7.14. The van der Waals surface area contributed by atoms with Crippen molar-refractivity contribution in [3.05, 3.63) is 53.9 Å². The van der Waals surface area contributed by atoms with Gasteiger partial charge in [-0.25, -0.2) is 4.98 Å². The Hall–Kier alpha value is -3.10. The number of para-hydroxylation sites is 2. The van der Waals surface area contributed by atoms with Gasteiger partial charge in [-0.1, -0.05) is 12.1 Å². The summed E-state index contributed by atoms with van der Waals surface area (Å²) < 4.78 is 10.7. The van der Waals surface area contributed by atoms with Gasteiger partial charge < -0.3 is 19.7 Å². The number of nitrogens with zero attached hydrogens (tertiary/aromatic N) is 3. The summed E-state index contributed by atoms with van der Waals surface area (Å²) in [6.45, 7) is 3.71. The van der Waals surface area contributed by atoms with Crippen LogP contribution in [0.1, 0.15) is 0 Å². The van der Waals surface area contributed by atoms with Crippen LogP contribution in [-0.4, -0.2) is 62.7 Å². The Morgan fingerprint density at radius 2 is 1.77 bits per heavy atom. The summed E-state index contributed by atoms with van der Waals surface area (Å²) in [6, 6.07) is 15.8. The van der Waals surface area contributed by atoms with Crippen LogP contribution in [0.2, 0.25) is 0 Å². The number of thiazole rings is 1. The summed E-state index contributed by atoms with van der Waals surface area (Å²) in [5, 5.41) is 5.49. The molecular weight excluding hydrogens is 412 g/mol. The van der Waals surface area contributed by atoms with Gasteiger partial charge in [0.25, 0.3) is 0 Å². The van der Waals surface area contributed by atoms with E-state index in [4.69, 9.17) is 9.47 Å². The van der Waals surface area contributed by atoms with E-state index >= 15 is 0 Å². The highest BCUT2D eigenvalue weighted by atomic mass is 32.1. The Balaban J connectivity index is 1.28. The topological polar surface area (TPSA) is 66.9 Å². The van der Waals surface area contributed by atoms with E-state index in [2.05, 4.69) is 26.2 Å². The third-order valence-electron chi connectivity index (χ3n) is 5.30. The van der Waals surface area contributed by atoms with Crippen molar-refractivity contribution in [2.75, 3.05) is 57.2 Å². The lowest BCUT2D eigenvalue weighted by molar-refractivity contribution is -0.117. The first kappa shape index (κ1) is 21.1. The number of aromatic nitrogens is 1. The number of carbonyl (C=O) groups is 1. The third kappa shape index (κ3) is 5.15. The standard InChI is InChI=1S/C23H26N4O3S/c1-29-18-9-7-17(8-10-18)19-16-31-23(24-19)25-22(28)15-26-11-13-27(14-12-26)20-5-3-4-6-21(20)30-2/h3-10,16H,11-15H2,1-2H3,(H,24,25,28). The van der Waals surface area contributed by atoms with Gasteiger partial charge >= 0.3 is 0 Å². The van der Waals surface area contributed by atoms with E-state index < -0.39 is 0 Å². The molecule has 1 aromatic heterocycles. The number of ether oxygens (including phenoxy) is 2. The first-order chi connectivity index (χ1) is 15.2. The number of piperazine rings is 1. The minimum atomic E-state index is -0.0404. The average molecular weight is 439 g/mol. The first-order valence-corrected chi connectivity index (χ1v) is 11.0. The van der Waals surface area contributed by atoms with Gasteiger partial charge in [0.05, 0.1) is 32.1 Å². The van der Waals surface area contributed by atoms with E-state index in [9.17, 15) is 4.79 Å². The van der Waals surface area contributed by atoms with Crippen LogP contribution >= 0.6 is 11.3 Å². The van der Waals surface area contributed by atoms with Gasteiger partial charge in [-0.05, 0) is 36.4 Å². The molecule has 0 spiro atoms. The van der Waals surface area contributed by atoms with E-state index in [1.807, 2.05) is 47.8 Å². The van der Waals surface area contributed by atoms with Crippen LogP contribution in [0.25, 0.3) is 11.3 Å². The lowest BCUT2D eigenvalue weighted by Gasteiger charge is -2.36. The van der Waals surface area contributed by atoms with Crippen molar-refractivity contribution in [1.82, 2.24) is 9.88 Å². The van der Waals surface area contributed by atoms with Crippen LogP contribution in [0.15, 0.2) is 53.9 Å². The second-order valence-electron chi connectivity index (χ2n) is 7.25. The Labute approximate surface area is 186 Å². The molecular formula is C23H26N4O3S. The smallest absolute Gasteiger partial charge is 0.240 e. The zero-order valence-corrected chi connectivity index (χ0v) is 18.5. The summed E-state index contributed by atoms with van der Waals surface area (Å²) in [6.07, 6.45) is 0. The van der Waals surface area contributed by atoms with Gasteiger partial charge in [0, 0.05) is 37.1 Å². The second kappa shape index (κ2) is 9.80. The van der Waals surface area contributed by atoms with Crippen LogP contribution in [0, 0.1) is 0 Å². The second-order valence-corrected chi connectivity index (χ2v) is 8.11. The Morgan fingerprint density at radius 3 is 2.48 bits per heavy atom. The Morgan fingerprint density at radius 1 is 1.03 bits per heavy atom. The van der Waals surface area contributed by atoms with Gasteiger partial charge in [-0.3, -0.25) is 9.69 Å². The lowest BCUT2D eigenvalue weighted by atomic mass is 10.2. The number of hydrogen-bond donors (Lipinski definition) is 1. The molecule has 7 nitrogen and oxygen atoms in total. The van der Waals surface area contributed by atoms with Crippen LogP contribution in [0.5, 0.6) is 11.5 Å². The normalized spacial score (nSPS) is 14.3. The fraction of sp³-hybridized carbons (Fsp3) is 0.304. The Kier molecular flexibility index (Phi) is 6.69. The molecule has 8 heteroatoms. The maximum atomic E-state index is 12.5. The summed E-state index contributed by atoms with van der Waals surface area (Å²) in [7, 11) is 3.34. The average Bonchev–Trinajstić information content (AvgIpc) is 3.28. The quantitative estimate of drug-likeness (QED) is 0.608. The summed E-state index contributed by atoms with van der Waals surface area (Å²) in [4.78, 5) is 21.5. The number of benzene rings is 2. The number of hydrogen-bond acceptors (Lipinski definition) is 7. The molecule has 3 aromatic rings. The fourth-order valence-electron chi connectivity index (χ4n) is 3.63. The van der Waals surface area contributed by atoms with Crippen molar-refractivity contribution >= 4 is 28.1 Å². The van der Waals surface area contributed by atoms with E-state index in [1.54, 1.807) is 14.2 Å². The van der Waals surface area contributed by atoms with Crippen molar-refractivity contribution in [3.8, 4) is 22.8 Å². The number of methoxy groups -OCH3 is 2. The van der Waals surface area contributed by atoms with Crippen LogP contribution in [0.3, 0.4) is 0 Å². The largest absolute Gasteiger partial charge is 0.497 e. The van der Waals surface area contributed by atoms with E-state index in [0.29, 0.717) is 11.7 Å². The maximum absolute atomic E-state index is 12.5. The molecule has 0 radical (unpaired) electrons. The number of rotatable bonds is 7. The molecule has 0 saturated carbocycles. The van der Waals surface area contributed by atoms with Crippen molar-refractivity contribution in [2.24, 2.45) is 0 Å². The first-order valence-electron chi connectivity index (χ1n) is 10.2. The van der Waals surface area contributed by atoms with E-state index in [0.717, 1.165) is 54.6 Å². The van der Waals surface area contributed by atoms with Crippen LogP contribution < -0.4 is 19.7 Å². The SMILES string of the molecule is COc1ccc(-c2csc(NC(=O)CN3CCN(c4ccccc4OC)CC3)n2)cc1. The lowest BCUT2D eigenvalue weighted by Crippen LogP contribution is -2.48.